The summed E-state index contributed by atoms with van der Waals surface area (Å²) in [5.41, 5.74) is 5.25. The second-order valence-electron chi connectivity index (χ2n) is 9.49. The molecule has 0 fully saturated rings. The quantitative estimate of drug-likeness (QED) is 0.185. The molecule has 0 unspecified atom stereocenters. The van der Waals surface area contributed by atoms with E-state index >= 15 is 0 Å². The molecule has 0 spiro atoms. The lowest BCUT2D eigenvalue weighted by Gasteiger charge is -2.26. The number of allylic oxidation sites excluding steroid dienone is 2. The zero-order chi connectivity index (χ0) is 25.9. The van der Waals surface area contributed by atoms with Gasteiger partial charge in [0.15, 0.2) is 0 Å². The van der Waals surface area contributed by atoms with Crippen molar-refractivity contribution in [2.75, 3.05) is 25.7 Å². The molecular weight excluding hydrogens is 448 g/mol. The van der Waals surface area contributed by atoms with Crippen LogP contribution < -0.4 is 14.4 Å². The Hall–Kier alpha value is -3.41. The summed E-state index contributed by atoms with van der Waals surface area (Å²) in [7, 11) is 3.35. The Labute approximate surface area is 215 Å². The molecule has 0 aliphatic rings. The fourth-order valence-electron chi connectivity index (χ4n) is 4.18. The molecule has 0 radical (unpaired) electrons. The molecule has 1 N–H and O–H groups in total. The van der Waals surface area contributed by atoms with Crippen molar-refractivity contribution >= 4 is 34.2 Å². The predicted molar refractivity (Wildman–Crippen MR) is 151 cm³/mol. The molecule has 2 aromatic carbocycles. The molecular formula is C30H40N4O2. The van der Waals surface area contributed by atoms with Crippen LogP contribution in [0.3, 0.4) is 0 Å². The van der Waals surface area contributed by atoms with Gasteiger partial charge in [0.05, 0.1) is 37.1 Å². The van der Waals surface area contributed by atoms with Crippen molar-refractivity contribution < 1.29 is 9.47 Å². The van der Waals surface area contributed by atoms with Crippen molar-refractivity contribution in [1.82, 2.24) is 9.97 Å². The molecule has 1 aromatic heterocycles. The van der Waals surface area contributed by atoms with E-state index in [1.54, 1.807) is 20.4 Å². The van der Waals surface area contributed by atoms with Crippen molar-refractivity contribution in [2.45, 2.75) is 59.3 Å². The number of anilines is 2. The Morgan fingerprint density at radius 2 is 1.72 bits per heavy atom. The van der Waals surface area contributed by atoms with Crippen LogP contribution in [0.5, 0.6) is 11.5 Å². The Kier molecular flexibility index (Phi) is 10.3. The smallest absolute Gasteiger partial charge is 0.124 e. The number of nitrogens with zero attached hydrogens (tertiary/aromatic N) is 3. The van der Waals surface area contributed by atoms with Crippen LogP contribution in [0.4, 0.5) is 11.4 Å². The molecule has 6 heteroatoms. The Morgan fingerprint density at radius 1 is 0.972 bits per heavy atom. The van der Waals surface area contributed by atoms with Crippen LogP contribution in [0.2, 0.25) is 0 Å². The predicted octanol–water partition coefficient (Wildman–Crippen LogP) is 7.83. The number of unbranched alkanes of at least 4 members (excludes halogenated alkanes) is 3. The number of methoxy groups -OCH3 is 2. The van der Waals surface area contributed by atoms with Gasteiger partial charge < -0.3 is 19.8 Å². The van der Waals surface area contributed by atoms with Crippen molar-refractivity contribution in [3.8, 4) is 11.5 Å². The fourth-order valence-corrected chi connectivity index (χ4v) is 4.18. The normalized spacial score (nSPS) is 11.7. The van der Waals surface area contributed by atoms with E-state index in [2.05, 4.69) is 48.9 Å². The van der Waals surface area contributed by atoms with E-state index in [1.807, 2.05) is 24.3 Å². The molecule has 0 saturated heterocycles. The lowest BCUT2D eigenvalue weighted by Crippen LogP contribution is -2.19. The molecule has 0 aliphatic heterocycles. The lowest BCUT2D eigenvalue weighted by molar-refractivity contribution is 0.394. The third-order valence-electron chi connectivity index (χ3n) is 6.27. The Bertz CT molecular complexity index is 1150. The first-order chi connectivity index (χ1) is 17.5. The first-order valence-corrected chi connectivity index (χ1v) is 13.0. The molecule has 3 rings (SSSR count). The molecule has 0 saturated carbocycles. The van der Waals surface area contributed by atoms with Gasteiger partial charge in [-0.2, -0.15) is 0 Å². The molecule has 3 aromatic rings. The minimum atomic E-state index is 0.693. The molecule has 1 heterocycles. The van der Waals surface area contributed by atoms with Crippen LogP contribution in [0, 0.1) is 11.3 Å². The SMILES string of the molecule is CCCC/C=C(\C=N)c1cnc2ccc(N(CCCCC(C)C)c3cc(OC)cc(OC)c3)cc2n1. The Balaban J connectivity index is 2.01. The highest BCUT2D eigenvalue weighted by Gasteiger charge is 2.14. The second-order valence-corrected chi connectivity index (χ2v) is 9.49. The summed E-state index contributed by atoms with van der Waals surface area (Å²) in [6.45, 7) is 7.57. The lowest BCUT2D eigenvalue weighted by atomic mass is 10.1. The third-order valence-corrected chi connectivity index (χ3v) is 6.27. The number of aromatic nitrogens is 2. The minimum absolute atomic E-state index is 0.693. The highest BCUT2D eigenvalue weighted by atomic mass is 16.5. The third kappa shape index (κ3) is 7.30. The van der Waals surface area contributed by atoms with Crippen molar-refractivity contribution in [3.05, 3.63) is 54.4 Å². The summed E-state index contributed by atoms with van der Waals surface area (Å²) in [5.74, 6) is 2.21. The molecule has 0 amide bonds. The van der Waals surface area contributed by atoms with Gasteiger partial charge in [0.2, 0.25) is 0 Å². The van der Waals surface area contributed by atoms with Crippen molar-refractivity contribution in [2.24, 2.45) is 5.92 Å². The topological polar surface area (TPSA) is 71.3 Å². The van der Waals surface area contributed by atoms with E-state index in [0.717, 1.165) is 83.8 Å². The molecule has 6 nitrogen and oxygen atoms in total. The van der Waals surface area contributed by atoms with Crippen molar-refractivity contribution in [1.29, 1.82) is 5.41 Å². The molecule has 0 aliphatic carbocycles. The number of ether oxygens (including phenoxy) is 2. The highest BCUT2D eigenvalue weighted by molar-refractivity contribution is 6.07. The molecule has 0 atom stereocenters. The van der Waals surface area contributed by atoms with Crippen LogP contribution in [-0.2, 0) is 0 Å². The largest absolute Gasteiger partial charge is 0.497 e. The number of benzene rings is 2. The monoisotopic (exact) mass is 488 g/mol. The number of hydrogen-bond acceptors (Lipinski definition) is 6. The first-order valence-electron chi connectivity index (χ1n) is 13.0. The van der Waals surface area contributed by atoms with Gasteiger partial charge in [0.1, 0.15) is 11.5 Å². The summed E-state index contributed by atoms with van der Waals surface area (Å²) >= 11 is 0. The van der Waals surface area contributed by atoms with Gasteiger partial charge in [-0.05, 0) is 37.0 Å². The van der Waals surface area contributed by atoms with E-state index in [0.29, 0.717) is 5.92 Å². The standard InChI is InChI=1S/C30H40N4O2/c1-6-7-8-12-23(20-31)30-21-32-28-14-13-24(18-29(28)33-30)34(15-10-9-11-22(2)3)25-16-26(35-4)19-27(17-25)36-5/h12-14,16-22,31H,6-11,15H2,1-5H3/b23-12+,31-20?. The average Bonchev–Trinajstić information content (AvgIpc) is 2.90. The van der Waals surface area contributed by atoms with E-state index in [4.69, 9.17) is 19.9 Å². The maximum Gasteiger partial charge on any atom is 0.124 e. The van der Waals surface area contributed by atoms with Crippen LogP contribution in [0.15, 0.2) is 48.7 Å². The van der Waals surface area contributed by atoms with E-state index in [9.17, 15) is 0 Å². The number of hydrogen-bond donors (Lipinski definition) is 1. The number of fused-ring (bicyclic) bond motifs is 1. The summed E-state index contributed by atoms with van der Waals surface area (Å²) in [4.78, 5) is 11.8. The van der Waals surface area contributed by atoms with Crippen LogP contribution >= 0.6 is 0 Å². The molecule has 0 bridgehead atoms. The van der Waals surface area contributed by atoms with Gasteiger partial charge in [0, 0.05) is 47.9 Å². The first kappa shape index (κ1) is 27.2. The second kappa shape index (κ2) is 13.6. The van der Waals surface area contributed by atoms with Crippen LogP contribution in [-0.4, -0.2) is 36.9 Å². The van der Waals surface area contributed by atoms with Gasteiger partial charge in [-0.15, -0.1) is 0 Å². The zero-order valence-corrected chi connectivity index (χ0v) is 22.4. The highest BCUT2D eigenvalue weighted by Crippen LogP contribution is 2.34. The maximum absolute atomic E-state index is 7.87. The van der Waals surface area contributed by atoms with E-state index in [-0.39, 0.29) is 0 Å². The summed E-state index contributed by atoms with van der Waals surface area (Å²) in [6, 6.07) is 12.2. The average molecular weight is 489 g/mol. The maximum atomic E-state index is 7.87. The Morgan fingerprint density at radius 3 is 2.36 bits per heavy atom. The van der Waals surface area contributed by atoms with Gasteiger partial charge >= 0.3 is 0 Å². The van der Waals surface area contributed by atoms with Gasteiger partial charge in [0.25, 0.3) is 0 Å². The van der Waals surface area contributed by atoms with E-state index < -0.39 is 0 Å². The minimum Gasteiger partial charge on any atom is -0.497 e. The zero-order valence-electron chi connectivity index (χ0n) is 22.4. The van der Waals surface area contributed by atoms with E-state index in [1.165, 1.54) is 12.6 Å². The number of rotatable bonds is 14. The molecule has 36 heavy (non-hydrogen) atoms. The summed E-state index contributed by atoms with van der Waals surface area (Å²) in [5, 5.41) is 7.87. The number of nitrogens with one attached hydrogen (secondary N) is 1. The van der Waals surface area contributed by atoms with Crippen LogP contribution in [0.1, 0.15) is 65.0 Å². The van der Waals surface area contributed by atoms with Gasteiger partial charge in [-0.25, -0.2) is 4.98 Å². The summed E-state index contributed by atoms with van der Waals surface area (Å²) < 4.78 is 11.1. The van der Waals surface area contributed by atoms with Gasteiger partial charge in [-0.1, -0.05) is 52.5 Å². The summed E-state index contributed by atoms with van der Waals surface area (Å²) in [6.07, 6.45) is 11.8. The fraction of sp³-hybridized carbons (Fsp3) is 0.433. The van der Waals surface area contributed by atoms with Crippen LogP contribution in [0.25, 0.3) is 16.6 Å². The van der Waals surface area contributed by atoms with Crippen molar-refractivity contribution in [3.63, 3.8) is 0 Å². The molecule has 192 valence electrons. The van der Waals surface area contributed by atoms with Gasteiger partial charge in [-0.3, -0.25) is 4.98 Å².